The van der Waals surface area contributed by atoms with Crippen LogP contribution in [0.2, 0.25) is 0 Å². The number of phosphoric ester groups is 1. The van der Waals surface area contributed by atoms with Crippen LogP contribution in [0.25, 0.3) is 0 Å². The minimum Gasteiger partial charge on any atom is -0.462 e. The van der Waals surface area contributed by atoms with Crippen LogP contribution in [-0.4, -0.2) is 66.5 Å². The zero-order valence-corrected chi connectivity index (χ0v) is 48.2. The van der Waals surface area contributed by atoms with Crippen molar-refractivity contribution in [1.82, 2.24) is 0 Å². The Morgan fingerprint density at radius 2 is 0.703 bits per heavy atom. The maximum absolute atomic E-state index is 12.9. The molecule has 0 radical (unpaired) electrons. The van der Waals surface area contributed by atoms with E-state index in [0.717, 1.165) is 103 Å². The summed E-state index contributed by atoms with van der Waals surface area (Å²) in [5, 5.41) is 9.83. The molecule has 428 valence electrons. The first-order valence-electron chi connectivity index (χ1n) is 29.8. The number of rotatable bonds is 55. The van der Waals surface area contributed by atoms with Crippen molar-refractivity contribution in [2.24, 2.45) is 0 Å². The topological polar surface area (TPSA) is 155 Å². The van der Waals surface area contributed by atoms with Crippen molar-refractivity contribution in [3.05, 3.63) is 72.9 Å². The van der Waals surface area contributed by atoms with Gasteiger partial charge in [-0.2, -0.15) is 0 Å². The summed E-state index contributed by atoms with van der Waals surface area (Å²) in [5.74, 6) is -1.51. The molecule has 74 heavy (non-hydrogen) atoms. The summed E-state index contributed by atoms with van der Waals surface area (Å²) >= 11 is 0. The monoisotopic (exact) mass is 1060 g/mol. The van der Waals surface area contributed by atoms with Crippen molar-refractivity contribution < 1.29 is 52.2 Å². The first kappa shape index (κ1) is 70.9. The Bertz CT molecular complexity index is 1520. The molecule has 0 saturated carbocycles. The first-order valence-corrected chi connectivity index (χ1v) is 31.3. The van der Waals surface area contributed by atoms with E-state index in [4.69, 9.17) is 23.3 Å². The summed E-state index contributed by atoms with van der Waals surface area (Å²) in [6.45, 7) is 4.47. The van der Waals surface area contributed by atoms with Crippen molar-refractivity contribution >= 4 is 25.7 Å². The van der Waals surface area contributed by atoms with Gasteiger partial charge in [-0.1, -0.05) is 209 Å². The highest BCUT2D eigenvalue weighted by atomic mass is 31.2. The lowest BCUT2D eigenvalue weighted by molar-refractivity contribution is -0.161. The van der Waals surface area contributed by atoms with Gasteiger partial charge < -0.3 is 24.2 Å². The van der Waals surface area contributed by atoms with Gasteiger partial charge in [-0.25, -0.2) is 4.57 Å². The van der Waals surface area contributed by atoms with Gasteiger partial charge in [0.25, 0.3) is 0 Å². The first-order chi connectivity index (χ1) is 36.2. The lowest BCUT2D eigenvalue weighted by atomic mass is 10.1. The summed E-state index contributed by atoms with van der Waals surface area (Å²) in [5.41, 5.74) is 0. The number of ether oxygens (including phenoxy) is 3. The molecule has 0 aromatic rings. The van der Waals surface area contributed by atoms with E-state index in [-0.39, 0.29) is 25.9 Å². The van der Waals surface area contributed by atoms with E-state index in [2.05, 4.69) is 93.7 Å². The van der Waals surface area contributed by atoms with Gasteiger partial charge >= 0.3 is 25.7 Å². The van der Waals surface area contributed by atoms with Gasteiger partial charge in [0.2, 0.25) is 0 Å². The van der Waals surface area contributed by atoms with E-state index >= 15 is 0 Å². The number of carbonyl (C=O) groups is 3. The molecule has 0 fully saturated rings. The smallest absolute Gasteiger partial charge is 0.462 e. The lowest BCUT2D eigenvalue weighted by Gasteiger charge is -2.21. The van der Waals surface area contributed by atoms with Gasteiger partial charge in [0.05, 0.1) is 19.8 Å². The molecular formula is C62H109O11P. The quantitative estimate of drug-likeness (QED) is 0.0197. The number of hydrogen-bond donors (Lipinski definition) is 2. The standard InChI is InChI=1S/C62H109O11P/c1-4-7-10-13-16-19-22-25-27-29-31-34-37-40-43-46-49-52-61(65)72-58(54-63)56-70-74(67,68)71-57-59(55-69-60(64)51-48-45-42-39-36-33-24-21-18-15-12-9-6-3)73-62(66)53-50-47-44-41-38-35-32-30-28-26-23-20-17-14-11-8-5-2/h9,12,17-18,20-21,25-28,33,36,58-59,63H,4-8,10-11,13-16,19,22-24,29-32,34-35,37-57H2,1-3H3,(H,67,68)/b12-9-,20-17-,21-18-,27-25-,28-26-,36-33-. The van der Waals surface area contributed by atoms with Crippen LogP contribution < -0.4 is 0 Å². The fourth-order valence-corrected chi connectivity index (χ4v) is 8.83. The Balaban J connectivity index is 4.72. The molecule has 0 bridgehead atoms. The predicted octanol–water partition coefficient (Wildman–Crippen LogP) is 17.7. The van der Waals surface area contributed by atoms with Gasteiger partial charge in [-0.05, 0) is 109 Å². The van der Waals surface area contributed by atoms with E-state index in [1.54, 1.807) is 0 Å². The number of carbonyl (C=O) groups excluding carboxylic acids is 3. The molecule has 0 rings (SSSR count). The maximum atomic E-state index is 12.9. The molecule has 0 heterocycles. The van der Waals surface area contributed by atoms with Crippen LogP contribution in [0.1, 0.15) is 265 Å². The Hall–Kier alpha value is -3.08. The van der Waals surface area contributed by atoms with E-state index in [1.807, 2.05) is 0 Å². The fourth-order valence-electron chi connectivity index (χ4n) is 8.04. The van der Waals surface area contributed by atoms with Crippen LogP contribution in [0, 0.1) is 0 Å². The normalized spacial score (nSPS) is 13.9. The summed E-state index contributed by atoms with van der Waals surface area (Å²) in [4.78, 5) is 48.6. The van der Waals surface area contributed by atoms with Crippen LogP contribution in [-0.2, 0) is 42.2 Å². The average molecular weight is 1060 g/mol. The molecule has 0 aromatic heterocycles. The van der Waals surface area contributed by atoms with E-state index in [0.29, 0.717) is 19.3 Å². The molecule has 12 heteroatoms. The van der Waals surface area contributed by atoms with Gasteiger partial charge in [0.15, 0.2) is 6.10 Å². The molecule has 2 N–H and O–H groups in total. The molecule has 3 atom stereocenters. The Labute approximate surface area is 452 Å². The minimum absolute atomic E-state index is 0.150. The number of aliphatic hydroxyl groups excluding tert-OH is 1. The zero-order valence-electron chi connectivity index (χ0n) is 47.3. The van der Waals surface area contributed by atoms with Crippen LogP contribution in [0.3, 0.4) is 0 Å². The molecule has 3 unspecified atom stereocenters. The van der Waals surface area contributed by atoms with E-state index < -0.39 is 57.8 Å². The number of aliphatic hydroxyl groups is 1. The third kappa shape index (κ3) is 53.7. The summed E-state index contributed by atoms with van der Waals surface area (Å²) in [7, 11) is -4.76. The summed E-state index contributed by atoms with van der Waals surface area (Å²) in [6.07, 6.45) is 62.8. The Morgan fingerprint density at radius 1 is 0.392 bits per heavy atom. The number of esters is 3. The van der Waals surface area contributed by atoms with Crippen LogP contribution in [0.5, 0.6) is 0 Å². The Kier molecular flexibility index (Phi) is 53.8. The summed E-state index contributed by atoms with van der Waals surface area (Å²) < 4.78 is 39.5. The molecule has 0 aliphatic carbocycles. The zero-order chi connectivity index (χ0) is 54.1. The highest BCUT2D eigenvalue weighted by Gasteiger charge is 2.28. The van der Waals surface area contributed by atoms with Crippen molar-refractivity contribution in [1.29, 1.82) is 0 Å². The summed E-state index contributed by atoms with van der Waals surface area (Å²) in [6, 6.07) is 0. The van der Waals surface area contributed by atoms with Crippen molar-refractivity contribution in [3.63, 3.8) is 0 Å². The molecule has 0 amide bonds. The van der Waals surface area contributed by atoms with Crippen molar-refractivity contribution in [2.75, 3.05) is 26.4 Å². The number of hydrogen-bond acceptors (Lipinski definition) is 10. The largest absolute Gasteiger partial charge is 0.472 e. The SMILES string of the molecule is CC/C=C\C/C=C\C/C=C\CCCCCC(=O)OCC(COP(=O)(O)OCC(CO)OC(=O)CCCCCCCCC/C=C\CCCCCCCC)OC(=O)CCCCCCCCC/C=C\C/C=C\CCCCC. The third-order valence-electron chi connectivity index (χ3n) is 12.6. The highest BCUT2D eigenvalue weighted by Crippen LogP contribution is 2.43. The maximum Gasteiger partial charge on any atom is 0.472 e. The number of phosphoric acid groups is 1. The molecule has 0 spiro atoms. The van der Waals surface area contributed by atoms with Crippen LogP contribution in [0.15, 0.2) is 72.9 Å². The van der Waals surface area contributed by atoms with Gasteiger partial charge in [0, 0.05) is 19.3 Å². The van der Waals surface area contributed by atoms with Gasteiger partial charge in [0.1, 0.15) is 12.7 Å². The minimum atomic E-state index is -4.76. The van der Waals surface area contributed by atoms with Crippen molar-refractivity contribution in [3.8, 4) is 0 Å². The number of unbranched alkanes of at least 4 members (excludes halogenated alkanes) is 26. The lowest BCUT2D eigenvalue weighted by Crippen LogP contribution is -2.30. The molecule has 0 saturated heterocycles. The number of allylic oxidation sites excluding steroid dienone is 12. The molecule has 11 nitrogen and oxygen atoms in total. The second-order valence-corrected chi connectivity index (χ2v) is 21.2. The highest BCUT2D eigenvalue weighted by molar-refractivity contribution is 7.47. The van der Waals surface area contributed by atoms with Crippen LogP contribution in [0.4, 0.5) is 0 Å². The Morgan fingerprint density at radius 3 is 1.14 bits per heavy atom. The fraction of sp³-hybridized carbons (Fsp3) is 0.758. The third-order valence-corrected chi connectivity index (χ3v) is 13.5. The van der Waals surface area contributed by atoms with Crippen LogP contribution >= 0.6 is 7.82 Å². The average Bonchev–Trinajstić information content (AvgIpc) is 3.39. The molecule has 0 aliphatic heterocycles. The predicted molar refractivity (Wildman–Crippen MR) is 307 cm³/mol. The van der Waals surface area contributed by atoms with E-state index in [9.17, 15) is 28.9 Å². The molecular weight excluding hydrogens is 952 g/mol. The second-order valence-electron chi connectivity index (χ2n) is 19.8. The molecule has 0 aromatic carbocycles. The van der Waals surface area contributed by atoms with Gasteiger partial charge in [-0.3, -0.25) is 23.4 Å². The second kappa shape index (κ2) is 56.1. The van der Waals surface area contributed by atoms with E-state index in [1.165, 1.54) is 103 Å². The van der Waals surface area contributed by atoms with Crippen molar-refractivity contribution in [2.45, 2.75) is 277 Å². The van der Waals surface area contributed by atoms with Gasteiger partial charge in [-0.15, -0.1) is 0 Å². The molecule has 0 aliphatic rings.